The summed E-state index contributed by atoms with van der Waals surface area (Å²) in [4.78, 5) is 17.6. The lowest BCUT2D eigenvalue weighted by Crippen LogP contribution is -2.30. The van der Waals surface area contributed by atoms with Crippen LogP contribution in [-0.4, -0.2) is 65.3 Å². The van der Waals surface area contributed by atoms with Gasteiger partial charge < -0.3 is 31.0 Å². The molecule has 6 N–H and O–H groups in total. The lowest BCUT2D eigenvalue weighted by molar-refractivity contribution is 0.333. The standard InChI is InChI=1S/C14H20FN9O/c1-18-3-9(11(17)25-2)21-13-10-12(20-6-19-10)22-14(23-13)24-4-7(15)8(16)5-24/h3,6-8,17-18H,4-5,16H2,1-2H3,(H2,19,20,21,22,23)/b9-3+,17-11?/t7-,8-/m1/s1. The van der Waals surface area contributed by atoms with Gasteiger partial charge in [0.15, 0.2) is 17.0 Å². The Bertz CT molecular complexity index is 795. The van der Waals surface area contributed by atoms with E-state index < -0.39 is 12.2 Å². The van der Waals surface area contributed by atoms with Crippen LogP contribution in [0.2, 0.25) is 0 Å². The summed E-state index contributed by atoms with van der Waals surface area (Å²) >= 11 is 0. The average molecular weight is 349 g/mol. The number of rotatable bonds is 5. The number of fused-ring (bicyclic) bond motifs is 1. The van der Waals surface area contributed by atoms with Crippen LogP contribution in [0.5, 0.6) is 0 Å². The highest BCUT2D eigenvalue weighted by Gasteiger charge is 2.32. The molecule has 0 saturated carbocycles. The van der Waals surface area contributed by atoms with E-state index in [-0.39, 0.29) is 12.4 Å². The van der Waals surface area contributed by atoms with Gasteiger partial charge in [-0.05, 0) is 0 Å². The SMILES string of the molecule is CN/C=C(/Nc1nc(N2C[C@@H](N)[C@H](F)C2)nc2[nH]cnc12)C(=N)OC. The zero-order chi connectivity index (χ0) is 18.0. The number of hydrogen-bond donors (Lipinski definition) is 5. The van der Waals surface area contributed by atoms with Crippen molar-refractivity contribution in [1.29, 1.82) is 5.41 Å². The Labute approximate surface area is 143 Å². The molecular weight excluding hydrogens is 329 g/mol. The van der Waals surface area contributed by atoms with Gasteiger partial charge in [-0.1, -0.05) is 0 Å². The largest absolute Gasteiger partial charge is 0.480 e. The van der Waals surface area contributed by atoms with E-state index >= 15 is 0 Å². The predicted octanol–water partition coefficient (Wildman–Crippen LogP) is -0.0653. The van der Waals surface area contributed by atoms with E-state index in [1.807, 2.05) is 0 Å². The van der Waals surface area contributed by atoms with Crippen LogP contribution < -0.4 is 21.3 Å². The minimum absolute atomic E-state index is 0.0785. The van der Waals surface area contributed by atoms with E-state index in [1.54, 1.807) is 18.1 Å². The summed E-state index contributed by atoms with van der Waals surface area (Å²) in [5.41, 5.74) is 7.10. The van der Waals surface area contributed by atoms with Crippen LogP contribution in [-0.2, 0) is 4.74 Å². The first kappa shape index (κ1) is 16.9. The minimum atomic E-state index is -1.13. The van der Waals surface area contributed by atoms with Crippen molar-refractivity contribution in [3.8, 4) is 0 Å². The molecule has 0 aliphatic carbocycles. The average Bonchev–Trinajstić information content (AvgIpc) is 3.20. The van der Waals surface area contributed by atoms with Crippen molar-refractivity contribution in [2.45, 2.75) is 12.2 Å². The number of hydrogen-bond acceptors (Lipinski definition) is 9. The highest BCUT2D eigenvalue weighted by molar-refractivity contribution is 5.96. The van der Waals surface area contributed by atoms with Gasteiger partial charge in [-0.2, -0.15) is 9.97 Å². The molecule has 11 heteroatoms. The second kappa shape index (κ2) is 6.89. The first-order valence-electron chi connectivity index (χ1n) is 7.66. The number of nitrogens with two attached hydrogens (primary N) is 1. The summed E-state index contributed by atoms with van der Waals surface area (Å²) in [7, 11) is 3.10. The number of alkyl halides is 1. The van der Waals surface area contributed by atoms with Crippen LogP contribution in [0.4, 0.5) is 16.2 Å². The molecule has 0 bridgehead atoms. The summed E-state index contributed by atoms with van der Waals surface area (Å²) in [6, 6.07) is -0.570. The van der Waals surface area contributed by atoms with Crippen LogP contribution >= 0.6 is 0 Å². The molecule has 2 aromatic rings. The Morgan fingerprint density at radius 3 is 2.96 bits per heavy atom. The molecule has 0 amide bonds. The third kappa shape index (κ3) is 3.31. The van der Waals surface area contributed by atoms with Crippen molar-refractivity contribution in [3.63, 3.8) is 0 Å². The molecule has 25 heavy (non-hydrogen) atoms. The molecule has 3 rings (SSSR count). The van der Waals surface area contributed by atoms with Crippen molar-refractivity contribution in [3.05, 3.63) is 18.2 Å². The first-order chi connectivity index (χ1) is 12.0. The zero-order valence-electron chi connectivity index (χ0n) is 13.9. The molecular formula is C14H20FN9O. The molecule has 3 heterocycles. The maximum Gasteiger partial charge on any atom is 0.231 e. The van der Waals surface area contributed by atoms with Crippen LogP contribution in [0.15, 0.2) is 18.2 Å². The zero-order valence-corrected chi connectivity index (χ0v) is 13.9. The summed E-state index contributed by atoms with van der Waals surface area (Å²) < 4.78 is 18.7. The van der Waals surface area contributed by atoms with E-state index in [0.717, 1.165) is 0 Å². The highest BCUT2D eigenvalue weighted by atomic mass is 19.1. The third-order valence-corrected chi connectivity index (χ3v) is 3.83. The fourth-order valence-corrected chi connectivity index (χ4v) is 2.55. The van der Waals surface area contributed by atoms with Gasteiger partial charge in [0.1, 0.15) is 11.9 Å². The summed E-state index contributed by atoms with van der Waals surface area (Å²) in [6.45, 7) is 0.459. The molecule has 0 radical (unpaired) electrons. The Morgan fingerprint density at radius 2 is 2.32 bits per heavy atom. The quantitative estimate of drug-likeness (QED) is 0.373. The molecule has 0 unspecified atom stereocenters. The van der Waals surface area contributed by atoms with Crippen LogP contribution in [0, 0.1) is 5.41 Å². The smallest absolute Gasteiger partial charge is 0.231 e. The van der Waals surface area contributed by atoms with Crippen molar-refractivity contribution in [1.82, 2.24) is 25.3 Å². The number of ether oxygens (including phenoxy) is 1. The molecule has 1 fully saturated rings. The van der Waals surface area contributed by atoms with Crippen molar-refractivity contribution in [2.75, 3.05) is 37.5 Å². The van der Waals surface area contributed by atoms with Gasteiger partial charge in [0.25, 0.3) is 0 Å². The summed E-state index contributed by atoms with van der Waals surface area (Å²) in [5.74, 6) is 0.633. The molecule has 134 valence electrons. The first-order valence-corrected chi connectivity index (χ1v) is 7.66. The Kier molecular flexibility index (Phi) is 4.65. The fourth-order valence-electron chi connectivity index (χ4n) is 2.55. The van der Waals surface area contributed by atoms with Crippen molar-refractivity contribution >= 4 is 28.8 Å². The lowest BCUT2D eigenvalue weighted by Gasteiger charge is -2.17. The normalized spacial score (nSPS) is 20.8. The van der Waals surface area contributed by atoms with Crippen LogP contribution in [0.3, 0.4) is 0 Å². The number of imidazole rings is 1. The van der Waals surface area contributed by atoms with Gasteiger partial charge in [0.05, 0.1) is 26.0 Å². The Morgan fingerprint density at radius 1 is 1.52 bits per heavy atom. The number of methoxy groups -OCH3 is 1. The number of nitrogens with one attached hydrogen (secondary N) is 4. The number of H-pyrrole nitrogens is 1. The summed E-state index contributed by atoms with van der Waals surface area (Å²) in [5, 5.41) is 13.7. The number of aromatic amines is 1. The number of anilines is 2. The van der Waals surface area contributed by atoms with Crippen LogP contribution in [0.1, 0.15) is 0 Å². The number of halogens is 1. The summed E-state index contributed by atoms with van der Waals surface area (Å²) in [6.07, 6.45) is 1.93. The molecule has 2 atom stereocenters. The molecule has 1 aliphatic rings. The number of nitrogens with zero attached hydrogens (tertiary/aromatic N) is 4. The predicted molar refractivity (Wildman–Crippen MR) is 92.3 cm³/mol. The van der Waals surface area contributed by atoms with Crippen molar-refractivity contribution < 1.29 is 9.13 Å². The molecule has 0 spiro atoms. The molecule has 2 aromatic heterocycles. The second-order valence-electron chi connectivity index (χ2n) is 5.56. The number of aromatic nitrogens is 4. The van der Waals surface area contributed by atoms with E-state index in [9.17, 15) is 4.39 Å². The van der Waals surface area contributed by atoms with Crippen molar-refractivity contribution in [2.24, 2.45) is 5.73 Å². The van der Waals surface area contributed by atoms with E-state index in [4.69, 9.17) is 15.9 Å². The Hall–Kier alpha value is -2.95. The second-order valence-corrected chi connectivity index (χ2v) is 5.56. The molecule has 1 saturated heterocycles. The topological polar surface area (TPSA) is 141 Å². The monoisotopic (exact) mass is 349 g/mol. The maximum atomic E-state index is 13.7. The van der Waals surface area contributed by atoms with Crippen LogP contribution in [0.25, 0.3) is 11.2 Å². The maximum absolute atomic E-state index is 13.7. The molecule has 10 nitrogen and oxygen atoms in total. The molecule has 1 aliphatic heterocycles. The van der Waals surface area contributed by atoms with Gasteiger partial charge in [0, 0.05) is 19.8 Å². The lowest BCUT2D eigenvalue weighted by atomic mass is 10.3. The van der Waals surface area contributed by atoms with E-state index in [0.29, 0.717) is 35.2 Å². The minimum Gasteiger partial charge on any atom is -0.480 e. The molecule has 0 aromatic carbocycles. The fraction of sp³-hybridized carbons (Fsp3) is 0.429. The van der Waals surface area contributed by atoms with Gasteiger partial charge in [0.2, 0.25) is 11.8 Å². The highest BCUT2D eigenvalue weighted by Crippen LogP contribution is 2.25. The Balaban J connectivity index is 1.98. The van der Waals surface area contributed by atoms with E-state index in [1.165, 1.54) is 13.4 Å². The van der Waals surface area contributed by atoms with Gasteiger partial charge in [-0.3, -0.25) is 5.41 Å². The third-order valence-electron chi connectivity index (χ3n) is 3.83. The van der Waals surface area contributed by atoms with Gasteiger partial charge in [-0.25, -0.2) is 9.37 Å². The van der Waals surface area contributed by atoms with Gasteiger partial charge >= 0.3 is 0 Å². The van der Waals surface area contributed by atoms with E-state index in [2.05, 4.69) is 30.6 Å². The van der Waals surface area contributed by atoms with Gasteiger partial charge in [-0.15, -0.1) is 0 Å².